The number of ketones is 1. The van der Waals surface area contributed by atoms with Gasteiger partial charge in [-0.15, -0.1) is 10.2 Å². The van der Waals surface area contributed by atoms with Gasteiger partial charge in [-0.05, 0) is 41.5 Å². The summed E-state index contributed by atoms with van der Waals surface area (Å²) in [6.07, 6.45) is 0.303. The zero-order valence-corrected chi connectivity index (χ0v) is 19.3. The Morgan fingerprint density at radius 1 is 1.03 bits per heavy atom. The summed E-state index contributed by atoms with van der Waals surface area (Å²) in [6.45, 7) is 0.446. The molecular weight excluding hydrogens is 451 g/mol. The fourth-order valence-electron chi connectivity index (χ4n) is 4.00. The first-order chi connectivity index (χ1) is 16.5. The van der Waals surface area contributed by atoms with Crippen molar-refractivity contribution in [3.05, 3.63) is 95.3 Å². The maximum absolute atomic E-state index is 14.5. The first-order valence-electron chi connectivity index (χ1n) is 10.8. The van der Waals surface area contributed by atoms with Crippen molar-refractivity contribution in [1.29, 1.82) is 0 Å². The van der Waals surface area contributed by atoms with E-state index >= 15 is 0 Å². The summed E-state index contributed by atoms with van der Waals surface area (Å²) >= 11 is 1.26. The number of nitrogens with zero attached hydrogens (tertiary/aromatic N) is 4. The molecule has 170 valence electrons. The molecule has 0 aliphatic carbocycles. The molecule has 0 bridgehead atoms. The summed E-state index contributed by atoms with van der Waals surface area (Å²) in [7, 11) is 1.73. The van der Waals surface area contributed by atoms with Gasteiger partial charge in [0.1, 0.15) is 5.82 Å². The van der Waals surface area contributed by atoms with Crippen molar-refractivity contribution < 1.29 is 14.0 Å². The van der Waals surface area contributed by atoms with Crippen LogP contribution in [0.2, 0.25) is 0 Å². The van der Waals surface area contributed by atoms with Crippen LogP contribution in [0.4, 0.5) is 10.1 Å². The van der Waals surface area contributed by atoms with Gasteiger partial charge in [-0.2, -0.15) is 0 Å². The Labute approximate surface area is 200 Å². The Balaban J connectivity index is 1.40. The third-order valence-electron chi connectivity index (χ3n) is 5.83. The lowest BCUT2D eigenvalue weighted by Crippen LogP contribution is -2.20. The number of hydrogen-bond donors (Lipinski definition) is 0. The Kier molecular flexibility index (Phi) is 5.98. The molecule has 0 radical (unpaired) electrons. The predicted molar refractivity (Wildman–Crippen MR) is 130 cm³/mol. The number of carbonyl (C=O) groups is 2. The lowest BCUT2D eigenvalue weighted by Gasteiger charge is -2.11. The second-order valence-corrected chi connectivity index (χ2v) is 8.99. The first kappa shape index (κ1) is 22.0. The molecule has 1 amide bonds. The molecule has 4 aromatic rings. The van der Waals surface area contributed by atoms with Crippen LogP contribution in [0.3, 0.4) is 0 Å². The van der Waals surface area contributed by atoms with Crippen LogP contribution >= 0.6 is 11.8 Å². The summed E-state index contributed by atoms with van der Waals surface area (Å²) in [5.41, 5.74) is 3.62. The lowest BCUT2D eigenvalue weighted by atomic mass is 10.1. The summed E-state index contributed by atoms with van der Waals surface area (Å²) in [5, 5.41) is 9.07. The molecule has 0 N–H and O–H groups in total. The maximum atomic E-state index is 14.5. The molecule has 1 aliphatic rings. The van der Waals surface area contributed by atoms with E-state index in [4.69, 9.17) is 0 Å². The molecule has 8 heteroatoms. The van der Waals surface area contributed by atoms with Crippen LogP contribution in [0, 0.1) is 5.82 Å². The molecule has 5 rings (SSSR count). The van der Waals surface area contributed by atoms with E-state index in [1.807, 2.05) is 41.0 Å². The van der Waals surface area contributed by atoms with E-state index in [-0.39, 0.29) is 23.3 Å². The highest BCUT2D eigenvalue weighted by Crippen LogP contribution is 2.30. The lowest BCUT2D eigenvalue weighted by molar-refractivity contribution is -0.117. The highest BCUT2D eigenvalue weighted by molar-refractivity contribution is 7.99. The Morgan fingerprint density at radius 3 is 2.59 bits per heavy atom. The van der Waals surface area contributed by atoms with E-state index in [0.717, 1.165) is 16.8 Å². The molecule has 0 spiro atoms. The number of Topliss-reactive ketones (excluding diaryl/α,β-unsaturated/α-hetero) is 1. The van der Waals surface area contributed by atoms with Crippen LogP contribution in [-0.4, -0.2) is 39.3 Å². The number of benzene rings is 3. The standard InChI is InChI=1S/C26H21FN4O2S/c1-30-22-12-11-18(13-19(22)14-24(30)33)23(32)16-34-26-29-28-25(20-9-5-6-10-21(20)27)31(26)15-17-7-3-2-4-8-17/h2-13H,14-16H2,1H3. The van der Waals surface area contributed by atoms with E-state index < -0.39 is 0 Å². The van der Waals surface area contributed by atoms with E-state index in [1.165, 1.54) is 17.8 Å². The van der Waals surface area contributed by atoms with Crippen molar-refractivity contribution >= 4 is 29.1 Å². The largest absolute Gasteiger partial charge is 0.315 e. The highest BCUT2D eigenvalue weighted by Gasteiger charge is 2.25. The molecule has 3 aromatic carbocycles. The number of amides is 1. The van der Waals surface area contributed by atoms with Crippen molar-refractivity contribution in [2.75, 3.05) is 17.7 Å². The van der Waals surface area contributed by atoms with Crippen molar-refractivity contribution in [2.24, 2.45) is 0 Å². The number of aromatic nitrogens is 3. The first-order valence-corrected chi connectivity index (χ1v) is 11.8. The molecule has 6 nitrogen and oxygen atoms in total. The maximum Gasteiger partial charge on any atom is 0.231 e. The van der Waals surface area contributed by atoms with E-state index in [0.29, 0.717) is 35.1 Å². The molecule has 0 saturated heterocycles. The second-order valence-electron chi connectivity index (χ2n) is 8.04. The number of rotatable bonds is 7. The van der Waals surface area contributed by atoms with Crippen LogP contribution < -0.4 is 4.90 Å². The van der Waals surface area contributed by atoms with Crippen LogP contribution in [0.1, 0.15) is 21.5 Å². The summed E-state index contributed by atoms with van der Waals surface area (Å²) in [4.78, 5) is 26.5. The van der Waals surface area contributed by atoms with Crippen LogP contribution in [-0.2, 0) is 17.8 Å². The fraction of sp³-hybridized carbons (Fsp3) is 0.154. The molecular formula is C26H21FN4O2S. The minimum absolute atomic E-state index is 0.0173. The Bertz CT molecular complexity index is 1390. The smallest absolute Gasteiger partial charge is 0.231 e. The SMILES string of the molecule is CN1C(=O)Cc2cc(C(=O)CSc3nnc(-c4ccccc4F)n3Cc3ccccc3)ccc21. The zero-order chi connectivity index (χ0) is 23.7. The van der Waals surface area contributed by atoms with Gasteiger partial charge in [0.2, 0.25) is 5.91 Å². The number of thioether (sulfide) groups is 1. The van der Waals surface area contributed by atoms with Gasteiger partial charge in [0.05, 0.1) is 24.3 Å². The van der Waals surface area contributed by atoms with Crippen molar-refractivity contribution in [3.8, 4) is 11.4 Å². The normalized spacial score (nSPS) is 12.8. The average Bonchev–Trinajstić information content (AvgIpc) is 3.37. The van der Waals surface area contributed by atoms with Crippen molar-refractivity contribution in [3.63, 3.8) is 0 Å². The number of hydrogen-bond acceptors (Lipinski definition) is 5. The number of carbonyl (C=O) groups excluding carboxylic acids is 2. The molecule has 34 heavy (non-hydrogen) atoms. The second kappa shape index (κ2) is 9.23. The van der Waals surface area contributed by atoms with Crippen molar-refractivity contribution in [2.45, 2.75) is 18.1 Å². The highest BCUT2D eigenvalue weighted by atomic mass is 32.2. The molecule has 0 unspecified atom stereocenters. The third kappa shape index (κ3) is 4.24. The number of likely N-dealkylation sites (N-methyl/N-ethyl adjacent to an activating group) is 1. The van der Waals surface area contributed by atoms with Crippen LogP contribution in [0.15, 0.2) is 78.0 Å². The molecule has 0 saturated carbocycles. The Hall–Kier alpha value is -3.78. The number of fused-ring (bicyclic) bond motifs is 1. The van der Waals surface area contributed by atoms with Gasteiger partial charge < -0.3 is 4.90 Å². The van der Waals surface area contributed by atoms with Gasteiger partial charge in [0, 0.05) is 18.3 Å². The molecule has 0 atom stereocenters. The average molecular weight is 473 g/mol. The summed E-state index contributed by atoms with van der Waals surface area (Å²) in [6, 6.07) is 21.6. The Morgan fingerprint density at radius 2 is 1.79 bits per heavy atom. The van der Waals surface area contributed by atoms with Gasteiger partial charge in [-0.25, -0.2) is 4.39 Å². The topological polar surface area (TPSA) is 68.1 Å². The minimum atomic E-state index is -0.380. The zero-order valence-electron chi connectivity index (χ0n) is 18.4. The van der Waals surface area contributed by atoms with Gasteiger partial charge in [-0.3, -0.25) is 14.2 Å². The summed E-state index contributed by atoms with van der Waals surface area (Å²) in [5.74, 6) is 0.123. The van der Waals surface area contributed by atoms with E-state index in [9.17, 15) is 14.0 Å². The number of anilines is 1. The van der Waals surface area contributed by atoms with Gasteiger partial charge in [0.25, 0.3) is 0 Å². The van der Waals surface area contributed by atoms with Crippen LogP contribution in [0.5, 0.6) is 0 Å². The number of halogens is 1. The summed E-state index contributed by atoms with van der Waals surface area (Å²) < 4.78 is 16.4. The van der Waals surface area contributed by atoms with E-state index in [2.05, 4.69) is 10.2 Å². The third-order valence-corrected chi connectivity index (χ3v) is 6.79. The van der Waals surface area contributed by atoms with Gasteiger partial charge >= 0.3 is 0 Å². The molecule has 1 aromatic heterocycles. The van der Waals surface area contributed by atoms with Gasteiger partial charge in [-0.1, -0.05) is 54.2 Å². The quantitative estimate of drug-likeness (QED) is 0.290. The molecule has 2 heterocycles. The van der Waals surface area contributed by atoms with Crippen molar-refractivity contribution in [1.82, 2.24) is 14.8 Å². The molecule has 1 aliphatic heterocycles. The monoisotopic (exact) mass is 472 g/mol. The fourth-order valence-corrected chi connectivity index (χ4v) is 4.84. The minimum Gasteiger partial charge on any atom is -0.315 e. The molecule has 0 fully saturated rings. The van der Waals surface area contributed by atoms with E-state index in [1.54, 1.807) is 42.3 Å². The predicted octanol–water partition coefficient (Wildman–Crippen LogP) is 4.63. The van der Waals surface area contributed by atoms with Crippen LogP contribution in [0.25, 0.3) is 11.4 Å². The van der Waals surface area contributed by atoms with Gasteiger partial charge in [0.15, 0.2) is 16.8 Å².